The fourth-order valence-corrected chi connectivity index (χ4v) is 2.06. The highest BCUT2D eigenvalue weighted by Crippen LogP contribution is 2.32. The van der Waals surface area contributed by atoms with Crippen molar-refractivity contribution in [1.82, 2.24) is 4.98 Å². The van der Waals surface area contributed by atoms with Gasteiger partial charge in [0.25, 0.3) is 0 Å². The normalized spacial score (nSPS) is 10.6. The molecule has 1 aromatic heterocycles. The van der Waals surface area contributed by atoms with Crippen molar-refractivity contribution in [1.29, 1.82) is 0 Å². The standard InChI is InChI=1S/C13H5ClF2N4O/c14-8-5-10(16)9(15)4-7(8)13-18-11-3-6(19-20-17)1-2-12(11)21-13/h1-5H. The molecule has 3 rings (SSSR count). The van der Waals surface area contributed by atoms with Gasteiger partial charge in [-0.05, 0) is 35.9 Å². The van der Waals surface area contributed by atoms with E-state index in [1.165, 1.54) is 6.07 Å². The van der Waals surface area contributed by atoms with Gasteiger partial charge in [0.2, 0.25) is 5.89 Å². The van der Waals surface area contributed by atoms with Gasteiger partial charge in [-0.2, -0.15) is 0 Å². The lowest BCUT2D eigenvalue weighted by Gasteiger charge is -2.00. The summed E-state index contributed by atoms with van der Waals surface area (Å²) in [5.41, 5.74) is 9.70. The van der Waals surface area contributed by atoms with Crippen molar-refractivity contribution >= 4 is 28.4 Å². The Balaban J connectivity index is 2.17. The van der Waals surface area contributed by atoms with Crippen molar-refractivity contribution in [3.8, 4) is 11.5 Å². The van der Waals surface area contributed by atoms with Crippen LogP contribution < -0.4 is 0 Å². The van der Waals surface area contributed by atoms with Gasteiger partial charge in [0.05, 0.1) is 10.6 Å². The van der Waals surface area contributed by atoms with Gasteiger partial charge in [0.1, 0.15) is 5.52 Å². The molecule has 0 unspecified atom stereocenters. The van der Waals surface area contributed by atoms with Crippen molar-refractivity contribution in [2.24, 2.45) is 5.11 Å². The van der Waals surface area contributed by atoms with Gasteiger partial charge in [-0.3, -0.25) is 0 Å². The van der Waals surface area contributed by atoms with Crippen LogP contribution in [0.15, 0.2) is 39.9 Å². The van der Waals surface area contributed by atoms with Crippen LogP contribution in [0.1, 0.15) is 0 Å². The molecule has 0 saturated heterocycles. The first-order valence-electron chi connectivity index (χ1n) is 5.69. The average molecular weight is 307 g/mol. The molecule has 0 aliphatic heterocycles. The number of azide groups is 1. The van der Waals surface area contributed by atoms with E-state index in [2.05, 4.69) is 15.0 Å². The molecule has 0 atom stereocenters. The number of halogens is 3. The van der Waals surface area contributed by atoms with E-state index < -0.39 is 11.6 Å². The summed E-state index contributed by atoms with van der Waals surface area (Å²) in [6, 6.07) is 6.38. The minimum atomic E-state index is -1.05. The van der Waals surface area contributed by atoms with Crippen molar-refractivity contribution in [2.45, 2.75) is 0 Å². The number of hydrogen-bond donors (Lipinski definition) is 0. The van der Waals surface area contributed by atoms with Crippen LogP contribution in [0.25, 0.3) is 33.0 Å². The minimum absolute atomic E-state index is 0.0178. The number of rotatable bonds is 2. The van der Waals surface area contributed by atoms with E-state index in [1.807, 2.05) is 0 Å². The van der Waals surface area contributed by atoms with E-state index in [9.17, 15) is 8.78 Å². The topological polar surface area (TPSA) is 74.8 Å². The Labute approximate surface area is 121 Å². The predicted octanol–water partition coefficient (Wildman–Crippen LogP) is 5.37. The first-order valence-corrected chi connectivity index (χ1v) is 6.07. The van der Waals surface area contributed by atoms with E-state index >= 15 is 0 Å². The third-order valence-corrected chi connectivity index (χ3v) is 3.08. The maximum atomic E-state index is 13.3. The van der Waals surface area contributed by atoms with E-state index in [1.54, 1.807) is 12.1 Å². The lowest BCUT2D eigenvalue weighted by Crippen LogP contribution is -1.87. The third-order valence-electron chi connectivity index (χ3n) is 2.77. The van der Waals surface area contributed by atoms with Gasteiger partial charge in [0, 0.05) is 10.6 Å². The quantitative estimate of drug-likeness (QED) is 0.276. The highest BCUT2D eigenvalue weighted by Gasteiger charge is 2.15. The fraction of sp³-hybridized carbons (Fsp3) is 0. The molecule has 0 spiro atoms. The maximum absolute atomic E-state index is 13.3. The zero-order valence-electron chi connectivity index (χ0n) is 10.2. The number of benzene rings is 2. The molecule has 21 heavy (non-hydrogen) atoms. The molecule has 0 N–H and O–H groups in total. The smallest absolute Gasteiger partial charge is 0.228 e. The Kier molecular flexibility index (Phi) is 3.21. The van der Waals surface area contributed by atoms with Crippen LogP contribution in [0.5, 0.6) is 0 Å². The van der Waals surface area contributed by atoms with Crippen molar-refractivity contribution in [3.05, 3.63) is 57.4 Å². The maximum Gasteiger partial charge on any atom is 0.228 e. The number of oxazole rings is 1. The number of nitrogens with zero attached hydrogens (tertiary/aromatic N) is 4. The molecule has 0 fully saturated rings. The Morgan fingerprint density at radius 3 is 2.71 bits per heavy atom. The highest BCUT2D eigenvalue weighted by atomic mass is 35.5. The van der Waals surface area contributed by atoms with Gasteiger partial charge < -0.3 is 4.42 Å². The third kappa shape index (κ3) is 2.40. The molecule has 5 nitrogen and oxygen atoms in total. The van der Waals surface area contributed by atoms with Crippen molar-refractivity contribution in [3.63, 3.8) is 0 Å². The van der Waals surface area contributed by atoms with Gasteiger partial charge in [-0.1, -0.05) is 16.7 Å². The van der Waals surface area contributed by atoms with E-state index in [-0.39, 0.29) is 16.5 Å². The van der Waals surface area contributed by atoms with Crippen LogP contribution in [0.4, 0.5) is 14.5 Å². The van der Waals surface area contributed by atoms with Crippen LogP contribution in [-0.4, -0.2) is 4.98 Å². The van der Waals surface area contributed by atoms with Gasteiger partial charge in [-0.25, -0.2) is 13.8 Å². The minimum Gasteiger partial charge on any atom is -0.436 e. The summed E-state index contributed by atoms with van der Waals surface area (Å²) in [5.74, 6) is -2.05. The average Bonchev–Trinajstić information content (AvgIpc) is 2.86. The number of aromatic nitrogens is 1. The second-order valence-electron chi connectivity index (χ2n) is 4.11. The summed E-state index contributed by atoms with van der Waals surface area (Å²) >= 11 is 5.87. The van der Waals surface area contributed by atoms with Crippen LogP contribution in [0.2, 0.25) is 5.02 Å². The summed E-state index contributed by atoms with van der Waals surface area (Å²) in [5, 5.41) is 3.43. The van der Waals surface area contributed by atoms with Gasteiger partial charge in [-0.15, -0.1) is 0 Å². The molecule has 0 bridgehead atoms. The van der Waals surface area contributed by atoms with Crippen LogP contribution in [-0.2, 0) is 0 Å². The molecular weight excluding hydrogens is 302 g/mol. The Morgan fingerprint density at radius 1 is 1.19 bits per heavy atom. The van der Waals surface area contributed by atoms with E-state index in [0.29, 0.717) is 16.8 Å². The Bertz CT molecular complexity index is 903. The summed E-state index contributed by atoms with van der Waals surface area (Å²) in [7, 11) is 0. The molecule has 2 aromatic carbocycles. The molecule has 8 heteroatoms. The fourth-order valence-electron chi connectivity index (χ4n) is 1.83. The predicted molar refractivity (Wildman–Crippen MR) is 73.2 cm³/mol. The monoisotopic (exact) mass is 306 g/mol. The van der Waals surface area contributed by atoms with E-state index in [4.69, 9.17) is 21.5 Å². The summed E-state index contributed by atoms with van der Waals surface area (Å²) in [6.45, 7) is 0. The molecule has 104 valence electrons. The Morgan fingerprint density at radius 2 is 1.95 bits per heavy atom. The molecule has 0 aliphatic rings. The van der Waals surface area contributed by atoms with Crippen LogP contribution >= 0.6 is 11.6 Å². The molecular formula is C13H5ClF2N4O. The zero-order chi connectivity index (χ0) is 15.0. The molecule has 0 radical (unpaired) electrons. The van der Waals surface area contributed by atoms with Crippen molar-refractivity contribution in [2.75, 3.05) is 0 Å². The first kappa shape index (κ1) is 13.4. The highest BCUT2D eigenvalue weighted by molar-refractivity contribution is 6.33. The molecule has 1 heterocycles. The summed E-state index contributed by atoms with van der Waals surface area (Å²) in [6.07, 6.45) is 0. The van der Waals surface area contributed by atoms with Crippen LogP contribution in [0.3, 0.4) is 0 Å². The molecule has 0 amide bonds. The Hall–Kier alpha value is -2.63. The first-order chi connectivity index (χ1) is 10.1. The zero-order valence-corrected chi connectivity index (χ0v) is 11.0. The second-order valence-corrected chi connectivity index (χ2v) is 4.51. The molecule has 3 aromatic rings. The van der Waals surface area contributed by atoms with Gasteiger partial charge >= 0.3 is 0 Å². The molecule has 0 saturated carbocycles. The second kappa shape index (κ2) is 5.05. The lowest BCUT2D eigenvalue weighted by atomic mass is 10.2. The van der Waals surface area contributed by atoms with Crippen LogP contribution in [0, 0.1) is 11.6 Å². The van der Waals surface area contributed by atoms with E-state index in [0.717, 1.165) is 12.1 Å². The summed E-state index contributed by atoms with van der Waals surface area (Å²) in [4.78, 5) is 6.80. The number of hydrogen-bond acceptors (Lipinski definition) is 3. The number of fused-ring (bicyclic) bond motifs is 1. The lowest BCUT2D eigenvalue weighted by molar-refractivity contribution is 0.508. The SMILES string of the molecule is [N-]=[N+]=Nc1ccc2oc(-c3cc(F)c(F)cc3Cl)nc2c1. The largest absolute Gasteiger partial charge is 0.436 e. The molecule has 0 aliphatic carbocycles. The van der Waals surface area contributed by atoms with Crippen molar-refractivity contribution < 1.29 is 13.2 Å². The summed E-state index contributed by atoms with van der Waals surface area (Å²) < 4.78 is 31.8. The van der Waals surface area contributed by atoms with Gasteiger partial charge in [0.15, 0.2) is 17.2 Å².